The molecule has 0 amide bonds. The number of carboxylic acid groups (broad SMARTS) is 1. The minimum Gasteiger partial charge on any atom is -0.480 e. The van der Waals surface area contributed by atoms with Gasteiger partial charge in [-0.25, -0.2) is 4.79 Å². The highest BCUT2D eigenvalue weighted by Gasteiger charge is 2.17. The van der Waals surface area contributed by atoms with Crippen molar-refractivity contribution in [3.05, 3.63) is 24.3 Å². The summed E-state index contributed by atoms with van der Waals surface area (Å²) < 4.78 is 0. The van der Waals surface area contributed by atoms with Crippen LogP contribution in [0.15, 0.2) is 24.3 Å². The van der Waals surface area contributed by atoms with E-state index in [1.54, 1.807) is 0 Å². The van der Waals surface area contributed by atoms with Crippen molar-refractivity contribution in [2.45, 2.75) is 45.1 Å². The predicted octanol–water partition coefficient (Wildman–Crippen LogP) is 3.34. The Kier molecular flexibility index (Phi) is 5.27. The lowest BCUT2D eigenvalue weighted by Gasteiger charge is -2.19. The first kappa shape index (κ1) is 14.7. The minimum atomic E-state index is -0.776. The molecule has 0 spiro atoms. The summed E-state index contributed by atoms with van der Waals surface area (Å²) in [5.74, 6) is -0.776. The van der Waals surface area contributed by atoms with Crippen LogP contribution in [-0.2, 0) is 4.79 Å². The van der Waals surface area contributed by atoms with E-state index in [2.05, 4.69) is 29.3 Å². The molecule has 1 aromatic rings. The van der Waals surface area contributed by atoms with Crippen molar-refractivity contribution in [1.29, 1.82) is 0 Å². The van der Waals surface area contributed by atoms with Crippen molar-refractivity contribution in [2.75, 3.05) is 23.3 Å². The molecule has 0 saturated carbocycles. The highest BCUT2D eigenvalue weighted by atomic mass is 16.4. The van der Waals surface area contributed by atoms with Crippen LogP contribution >= 0.6 is 0 Å². The number of carboxylic acids is 1. The second-order valence-electron chi connectivity index (χ2n) is 5.42. The molecule has 1 fully saturated rings. The van der Waals surface area contributed by atoms with Gasteiger partial charge in [0.05, 0.1) is 0 Å². The predicted molar refractivity (Wildman–Crippen MR) is 82.5 cm³/mol. The molecule has 1 aromatic carbocycles. The fraction of sp³-hybridized carbons (Fsp3) is 0.562. The molecular weight excluding hydrogens is 252 g/mol. The molecule has 4 nitrogen and oxygen atoms in total. The van der Waals surface area contributed by atoms with Gasteiger partial charge in [0.25, 0.3) is 0 Å². The van der Waals surface area contributed by atoms with Crippen LogP contribution in [0.5, 0.6) is 0 Å². The summed E-state index contributed by atoms with van der Waals surface area (Å²) in [5, 5.41) is 12.3. The Morgan fingerprint density at radius 2 is 1.95 bits per heavy atom. The third-order valence-electron chi connectivity index (χ3n) is 3.82. The van der Waals surface area contributed by atoms with Crippen LogP contribution in [-0.4, -0.2) is 30.2 Å². The molecule has 4 heteroatoms. The van der Waals surface area contributed by atoms with Crippen molar-refractivity contribution in [3.63, 3.8) is 0 Å². The van der Waals surface area contributed by atoms with E-state index in [1.165, 1.54) is 18.5 Å². The number of hydrogen-bond acceptors (Lipinski definition) is 3. The van der Waals surface area contributed by atoms with Crippen LogP contribution in [0.3, 0.4) is 0 Å². The largest absolute Gasteiger partial charge is 0.480 e. The molecule has 1 aliphatic rings. The van der Waals surface area contributed by atoms with Crippen molar-refractivity contribution >= 4 is 17.3 Å². The molecule has 2 rings (SSSR count). The summed E-state index contributed by atoms with van der Waals surface area (Å²) in [5.41, 5.74) is 2.12. The zero-order valence-corrected chi connectivity index (χ0v) is 12.1. The smallest absolute Gasteiger partial charge is 0.326 e. The van der Waals surface area contributed by atoms with Crippen LogP contribution < -0.4 is 10.2 Å². The first-order valence-corrected chi connectivity index (χ1v) is 7.55. The normalized spacial score (nSPS) is 16.1. The fourth-order valence-electron chi connectivity index (χ4n) is 2.61. The topological polar surface area (TPSA) is 52.6 Å². The molecule has 20 heavy (non-hydrogen) atoms. The fourth-order valence-corrected chi connectivity index (χ4v) is 2.61. The quantitative estimate of drug-likeness (QED) is 0.802. The van der Waals surface area contributed by atoms with E-state index < -0.39 is 12.0 Å². The van der Waals surface area contributed by atoms with Gasteiger partial charge in [-0.2, -0.15) is 0 Å². The van der Waals surface area contributed by atoms with Gasteiger partial charge in [-0.3, -0.25) is 0 Å². The Morgan fingerprint density at radius 3 is 2.50 bits per heavy atom. The number of unbranched alkanes of at least 4 members (excludes halogenated alkanes) is 1. The third-order valence-corrected chi connectivity index (χ3v) is 3.82. The number of rotatable bonds is 7. The van der Waals surface area contributed by atoms with Gasteiger partial charge in [0.15, 0.2) is 0 Å². The maximum Gasteiger partial charge on any atom is 0.326 e. The number of nitrogens with zero attached hydrogens (tertiary/aromatic N) is 1. The van der Waals surface area contributed by atoms with Gasteiger partial charge in [0, 0.05) is 24.5 Å². The number of hydrogen-bond donors (Lipinski definition) is 2. The molecule has 0 aliphatic carbocycles. The third kappa shape index (κ3) is 3.89. The van der Waals surface area contributed by atoms with Gasteiger partial charge in [0.1, 0.15) is 6.04 Å². The number of aliphatic carboxylic acids is 1. The van der Waals surface area contributed by atoms with Gasteiger partial charge in [-0.05, 0) is 43.5 Å². The summed E-state index contributed by atoms with van der Waals surface area (Å²) in [6.07, 6.45) is 5.13. The van der Waals surface area contributed by atoms with Gasteiger partial charge in [-0.1, -0.05) is 19.8 Å². The summed E-state index contributed by atoms with van der Waals surface area (Å²) in [6, 6.07) is 7.62. The zero-order valence-electron chi connectivity index (χ0n) is 12.1. The molecule has 1 atom stereocenters. The van der Waals surface area contributed by atoms with Crippen molar-refractivity contribution < 1.29 is 9.90 Å². The molecule has 0 radical (unpaired) electrons. The monoisotopic (exact) mass is 276 g/mol. The van der Waals surface area contributed by atoms with E-state index >= 15 is 0 Å². The average molecular weight is 276 g/mol. The minimum absolute atomic E-state index is 0.493. The van der Waals surface area contributed by atoms with E-state index in [9.17, 15) is 9.90 Å². The number of nitrogens with one attached hydrogen (secondary N) is 1. The molecule has 1 heterocycles. The molecule has 110 valence electrons. The number of benzene rings is 1. The average Bonchev–Trinajstić information content (AvgIpc) is 2.98. The summed E-state index contributed by atoms with van der Waals surface area (Å²) in [6.45, 7) is 4.33. The zero-order chi connectivity index (χ0) is 14.4. The van der Waals surface area contributed by atoms with E-state index in [4.69, 9.17) is 0 Å². The molecule has 1 saturated heterocycles. The van der Waals surface area contributed by atoms with E-state index in [0.717, 1.165) is 31.6 Å². The Morgan fingerprint density at radius 1 is 1.30 bits per heavy atom. The Balaban J connectivity index is 1.95. The first-order chi connectivity index (χ1) is 9.70. The lowest BCUT2D eigenvalue weighted by Crippen LogP contribution is -2.29. The van der Waals surface area contributed by atoms with Crippen molar-refractivity contribution in [3.8, 4) is 0 Å². The van der Waals surface area contributed by atoms with Crippen LogP contribution in [0.2, 0.25) is 0 Å². The molecule has 1 unspecified atom stereocenters. The molecule has 1 aliphatic heterocycles. The van der Waals surface area contributed by atoms with Crippen molar-refractivity contribution in [1.82, 2.24) is 0 Å². The van der Waals surface area contributed by atoms with Crippen LogP contribution in [0, 0.1) is 0 Å². The summed E-state index contributed by atoms with van der Waals surface area (Å²) in [7, 11) is 0. The van der Waals surface area contributed by atoms with Gasteiger partial charge >= 0.3 is 5.97 Å². The van der Waals surface area contributed by atoms with E-state index in [-0.39, 0.29) is 0 Å². The van der Waals surface area contributed by atoms with Gasteiger partial charge in [0.2, 0.25) is 0 Å². The SMILES string of the molecule is CCCCC(Nc1ccc(N2CCCC2)cc1)C(=O)O. The Bertz CT molecular complexity index is 425. The summed E-state index contributed by atoms with van der Waals surface area (Å²) in [4.78, 5) is 13.6. The molecule has 0 aromatic heterocycles. The van der Waals surface area contributed by atoms with Gasteiger partial charge < -0.3 is 15.3 Å². The standard InChI is InChI=1S/C16H24N2O2/c1-2-3-6-15(16(19)20)17-13-7-9-14(10-8-13)18-11-4-5-12-18/h7-10,15,17H,2-6,11-12H2,1H3,(H,19,20). The van der Waals surface area contributed by atoms with Crippen molar-refractivity contribution in [2.24, 2.45) is 0 Å². The first-order valence-electron chi connectivity index (χ1n) is 7.55. The number of carbonyl (C=O) groups is 1. The Labute approximate surface area is 120 Å². The van der Waals surface area contributed by atoms with Crippen LogP contribution in [0.25, 0.3) is 0 Å². The lowest BCUT2D eigenvalue weighted by atomic mass is 10.1. The summed E-state index contributed by atoms with van der Waals surface area (Å²) >= 11 is 0. The molecule has 0 bridgehead atoms. The second-order valence-corrected chi connectivity index (χ2v) is 5.42. The van der Waals surface area contributed by atoms with Crippen LogP contribution in [0.1, 0.15) is 39.0 Å². The van der Waals surface area contributed by atoms with E-state index in [1.807, 2.05) is 12.1 Å². The number of anilines is 2. The highest BCUT2D eigenvalue weighted by molar-refractivity contribution is 5.77. The maximum atomic E-state index is 11.2. The Hall–Kier alpha value is -1.71. The van der Waals surface area contributed by atoms with E-state index in [0.29, 0.717) is 6.42 Å². The maximum absolute atomic E-state index is 11.2. The second kappa shape index (κ2) is 7.17. The lowest BCUT2D eigenvalue weighted by molar-refractivity contribution is -0.138. The van der Waals surface area contributed by atoms with Gasteiger partial charge in [-0.15, -0.1) is 0 Å². The molecular formula is C16H24N2O2. The van der Waals surface area contributed by atoms with Crippen LogP contribution in [0.4, 0.5) is 11.4 Å². The molecule has 2 N–H and O–H groups in total. The highest BCUT2D eigenvalue weighted by Crippen LogP contribution is 2.22.